The zero-order valence-electron chi connectivity index (χ0n) is 13.2. The molecule has 0 radical (unpaired) electrons. The van der Waals surface area contributed by atoms with Crippen molar-refractivity contribution < 1.29 is 14.3 Å². The van der Waals surface area contributed by atoms with Crippen LogP contribution in [0.5, 0.6) is 0 Å². The summed E-state index contributed by atoms with van der Waals surface area (Å²) in [7, 11) is 3.46. The van der Waals surface area contributed by atoms with Crippen LogP contribution in [-0.4, -0.2) is 86.0 Å². The first kappa shape index (κ1) is 16.2. The molecular formula is C15H27N3O3. The minimum atomic E-state index is -0.439. The fourth-order valence-electron chi connectivity index (χ4n) is 2.89. The highest BCUT2D eigenvalue weighted by atomic mass is 16.5. The predicted octanol–water partition coefficient (Wildman–Crippen LogP) is 0.178. The highest BCUT2D eigenvalue weighted by Gasteiger charge is 2.29. The van der Waals surface area contributed by atoms with Gasteiger partial charge >= 0.3 is 0 Å². The molecule has 2 heterocycles. The van der Waals surface area contributed by atoms with Gasteiger partial charge in [0.05, 0.1) is 13.2 Å². The maximum atomic E-state index is 12.4. The van der Waals surface area contributed by atoms with Gasteiger partial charge in [-0.15, -0.1) is 0 Å². The summed E-state index contributed by atoms with van der Waals surface area (Å²) in [6, 6.07) is 0. The summed E-state index contributed by atoms with van der Waals surface area (Å²) >= 11 is 0. The van der Waals surface area contributed by atoms with E-state index in [0.29, 0.717) is 19.7 Å². The largest absolute Gasteiger partial charge is 0.366 e. The van der Waals surface area contributed by atoms with Crippen LogP contribution in [0, 0.1) is 0 Å². The fourth-order valence-corrected chi connectivity index (χ4v) is 2.89. The lowest BCUT2D eigenvalue weighted by molar-refractivity contribution is -0.149. The lowest BCUT2D eigenvalue weighted by Gasteiger charge is -2.34. The van der Waals surface area contributed by atoms with Crippen molar-refractivity contribution in [3.63, 3.8) is 0 Å². The van der Waals surface area contributed by atoms with E-state index < -0.39 is 6.10 Å². The monoisotopic (exact) mass is 297 g/mol. The first-order valence-electron chi connectivity index (χ1n) is 7.91. The highest BCUT2D eigenvalue weighted by Crippen LogP contribution is 2.12. The van der Waals surface area contributed by atoms with Gasteiger partial charge in [0.2, 0.25) is 5.91 Å². The summed E-state index contributed by atoms with van der Waals surface area (Å²) in [4.78, 5) is 29.9. The average Bonchev–Trinajstić information content (AvgIpc) is 2.75. The highest BCUT2D eigenvalue weighted by molar-refractivity contribution is 5.81. The molecule has 1 atom stereocenters. The number of hydrogen-bond acceptors (Lipinski definition) is 4. The summed E-state index contributed by atoms with van der Waals surface area (Å²) in [5.74, 6) is 0.164. The van der Waals surface area contributed by atoms with Gasteiger partial charge in [0.25, 0.3) is 5.91 Å². The molecule has 0 bridgehead atoms. The van der Waals surface area contributed by atoms with Crippen LogP contribution in [-0.2, 0) is 14.3 Å². The summed E-state index contributed by atoms with van der Waals surface area (Å²) in [5.41, 5.74) is 0. The molecule has 120 valence electrons. The number of carbonyl (C=O) groups is 2. The Hall–Kier alpha value is -1.14. The molecule has 0 saturated carbocycles. The Labute approximate surface area is 127 Å². The van der Waals surface area contributed by atoms with E-state index in [1.165, 1.54) is 12.8 Å². The summed E-state index contributed by atoms with van der Waals surface area (Å²) in [6.07, 6.45) is 4.22. The normalized spacial score (nSPS) is 24.5. The number of likely N-dealkylation sites (tertiary alicyclic amines) is 1. The number of hydrogen-bond donors (Lipinski definition) is 0. The molecule has 2 rings (SSSR count). The molecular weight excluding hydrogens is 270 g/mol. The van der Waals surface area contributed by atoms with Crippen LogP contribution in [0.3, 0.4) is 0 Å². The second kappa shape index (κ2) is 7.75. The van der Waals surface area contributed by atoms with Crippen LogP contribution < -0.4 is 0 Å². The van der Waals surface area contributed by atoms with Crippen molar-refractivity contribution in [3.8, 4) is 0 Å². The zero-order chi connectivity index (χ0) is 15.2. The van der Waals surface area contributed by atoms with Gasteiger partial charge in [-0.05, 0) is 12.8 Å². The molecule has 0 aromatic heterocycles. The number of amides is 2. The van der Waals surface area contributed by atoms with E-state index in [1.54, 1.807) is 19.0 Å². The Morgan fingerprint density at radius 2 is 1.76 bits per heavy atom. The third-order valence-corrected chi connectivity index (χ3v) is 4.18. The van der Waals surface area contributed by atoms with Crippen molar-refractivity contribution in [1.82, 2.24) is 14.7 Å². The minimum absolute atomic E-state index is 0.0260. The molecule has 21 heavy (non-hydrogen) atoms. The van der Waals surface area contributed by atoms with Gasteiger partial charge in [-0.2, -0.15) is 0 Å². The molecule has 0 spiro atoms. The Morgan fingerprint density at radius 1 is 1.10 bits per heavy atom. The number of rotatable bonds is 3. The molecule has 0 aliphatic carbocycles. The molecule has 0 N–H and O–H groups in total. The second-order valence-electron chi connectivity index (χ2n) is 6.12. The lowest BCUT2D eigenvalue weighted by atomic mass is 10.2. The van der Waals surface area contributed by atoms with E-state index in [2.05, 4.69) is 0 Å². The fraction of sp³-hybridized carbons (Fsp3) is 0.867. The zero-order valence-corrected chi connectivity index (χ0v) is 13.2. The average molecular weight is 297 g/mol. The van der Waals surface area contributed by atoms with Crippen molar-refractivity contribution >= 4 is 11.8 Å². The van der Waals surface area contributed by atoms with E-state index in [4.69, 9.17) is 4.74 Å². The van der Waals surface area contributed by atoms with E-state index in [0.717, 1.165) is 32.5 Å². The molecule has 0 aromatic rings. The second-order valence-corrected chi connectivity index (χ2v) is 6.12. The standard InChI is InChI=1S/C15H27N3O3/c1-16(2)15(20)13-11-17(9-10-21-13)12-14(19)18-7-5-3-4-6-8-18/h13H,3-12H2,1-2H3. The molecule has 0 aromatic carbocycles. The Balaban J connectivity index is 1.84. The van der Waals surface area contributed by atoms with Crippen molar-refractivity contribution in [2.75, 3.05) is 53.4 Å². The summed E-state index contributed by atoms with van der Waals surface area (Å²) < 4.78 is 5.52. The maximum absolute atomic E-state index is 12.4. The molecule has 2 aliphatic heterocycles. The van der Waals surface area contributed by atoms with Crippen molar-refractivity contribution in [2.24, 2.45) is 0 Å². The van der Waals surface area contributed by atoms with Crippen LogP contribution in [0.4, 0.5) is 0 Å². The van der Waals surface area contributed by atoms with Crippen molar-refractivity contribution in [3.05, 3.63) is 0 Å². The van der Waals surface area contributed by atoms with Gasteiger partial charge in [0.15, 0.2) is 0 Å². The van der Waals surface area contributed by atoms with Crippen LogP contribution in [0.25, 0.3) is 0 Å². The lowest BCUT2D eigenvalue weighted by Crippen LogP contribution is -2.52. The van der Waals surface area contributed by atoms with Gasteiger partial charge in [0.1, 0.15) is 6.10 Å². The van der Waals surface area contributed by atoms with Crippen LogP contribution >= 0.6 is 0 Å². The Morgan fingerprint density at radius 3 is 2.38 bits per heavy atom. The number of carbonyl (C=O) groups excluding carboxylic acids is 2. The third kappa shape index (κ3) is 4.68. The first-order valence-corrected chi connectivity index (χ1v) is 7.91. The summed E-state index contributed by atoms with van der Waals surface area (Å²) in [5, 5.41) is 0. The summed E-state index contributed by atoms with van der Waals surface area (Å²) in [6.45, 7) is 3.90. The van der Waals surface area contributed by atoms with E-state index in [1.807, 2.05) is 9.80 Å². The van der Waals surface area contributed by atoms with Gasteiger partial charge in [-0.3, -0.25) is 14.5 Å². The van der Waals surface area contributed by atoms with Gasteiger partial charge in [0, 0.05) is 40.3 Å². The third-order valence-electron chi connectivity index (χ3n) is 4.18. The van der Waals surface area contributed by atoms with Crippen LogP contribution in [0.15, 0.2) is 0 Å². The number of likely N-dealkylation sites (N-methyl/N-ethyl adjacent to an activating group) is 1. The maximum Gasteiger partial charge on any atom is 0.252 e. The Bertz CT molecular complexity index is 365. The molecule has 2 fully saturated rings. The SMILES string of the molecule is CN(C)C(=O)C1CN(CC(=O)N2CCCCCC2)CCO1. The molecule has 2 saturated heterocycles. The van der Waals surface area contributed by atoms with Gasteiger partial charge < -0.3 is 14.5 Å². The number of morpholine rings is 1. The quantitative estimate of drug-likeness (QED) is 0.745. The topological polar surface area (TPSA) is 53.1 Å². The first-order chi connectivity index (χ1) is 10.1. The number of ether oxygens (including phenoxy) is 1. The van der Waals surface area contributed by atoms with E-state index >= 15 is 0 Å². The molecule has 2 aliphatic rings. The molecule has 2 amide bonds. The van der Waals surface area contributed by atoms with Gasteiger partial charge in [-0.1, -0.05) is 12.8 Å². The smallest absolute Gasteiger partial charge is 0.252 e. The minimum Gasteiger partial charge on any atom is -0.366 e. The van der Waals surface area contributed by atoms with Crippen molar-refractivity contribution in [2.45, 2.75) is 31.8 Å². The van der Waals surface area contributed by atoms with Crippen molar-refractivity contribution in [1.29, 1.82) is 0 Å². The molecule has 6 nitrogen and oxygen atoms in total. The van der Waals surface area contributed by atoms with E-state index in [-0.39, 0.29) is 11.8 Å². The van der Waals surface area contributed by atoms with Gasteiger partial charge in [-0.25, -0.2) is 0 Å². The Kier molecular flexibility index (Phi) is 5.99. The van der Waals surface area contributed by atoms with Crippen LogP contribution in [0.2, 0.25) is 0 Å². The predicted molar refractivity (Wildman–Crippen MR) is 79.9 cm³/mol. The van der Waals surface area contributed by atoms with Crippen LogP contribution in [0.1, 0.15) is 25.7 Å². The van der Waals surface area contributed by atoms with E-state index in [9.17, 15) is 9.59 Å². The molecule has 6 heteroatoms. The number of nitrogens with zero attached hydrogens (tertiary/aromatic N) is 3. The molecule has 1 unspecified atom stereocenters.